The topological polar surface area (TPSA) is 86.7 Å². The lowest BCUT2D eigenvalue weighted by atomic mass is 9.67. The minimum Gasteiger partial charge on any atom is -0.451 e. The van der Waals surface area contributed by atoms with E-state index in [1.54, 1.807) is 17.2 Å². The summed E-state index contributed by atoms with van der Waals surface area (Å²) in [6.07, 6.45) is 12.7. The highest BCUT2D eigenvalue weighted by atomic mass is 19.1. The Balaban J connectivity index is 1.03. The lowest BCUT2D eigenvalue weighted by Gasteiger charge is -2.46. The molecule has 1 amide bonds. The molecule has 3 aliphatic rings. The Kier molecular flexibility index (Phi) is 10.4. The fourth-order valence-corrected chi connectivity index (χ4v) is 8.00. The number of hydrogen-bond acceptors (Lipinski definition) is 8. The molecule has 48 heavy (non-hydrogen) atoms. The molecule has 3 aromatic rings. The molecule has 1 spiro atoms. The third-order valence-corrected chi connectivity index (χ3v) is 10.5. The van der Waals surface area contributed by atoms with Gasteiger partial charge < -0.3 is 24.8 Å². The molecule has 2 saturated heterocycles. The lowest BCUT2D eigenvalue weighted by Crippen LogP contribution is -2.45. The fraction of sp³-hybridized carbons (Fsp3) is 0.568. The molecule has 3 fully saturated rings. The number of amides is 1. The average molecular weight is 662 g/mol. The van der Waals surface area contributed by atoms with E-state index in [4.69, 9.17) is 4.74 Å². The van der Waals surface area contributed by atoms with Crippen molar-refractivity contribution in [3.8, 4) is 11.5 Å². The van der Waals surface area contributed by atoms with Gasteiger partial charge >= 0.3 is 0 Å². The van der Waals surface area contributed by atoms with Crippen LogP contribution in [-0.4, -0.2) is 81.5 Å². The van der Waals surface area contributed by atoms with Crippen molar-refractivity contribution >= 4 is 17.5 Å². The van der Waals surface area contributed by atoms with E-state index in [2.05, 4.69) is 30.1 Å². The minimum atomic E-state index is -0.488. The maximum absolute atomic E-state index is 14.4. The SMILES string of the molecule is CC(C)N(C(=O)c1cc(F)ccc1Oc1cncnc1N1CCC(CN2CCC3(CCC(Nc4ccc(F)cn4)CC3)CC2)C1)C(C)C. The number of nitrogens with zero attached hydrogens (tertiary/aromatic N) is 6. The van der Waals surface area contributed by atoms with Gasteiger partial charge in [-0.3, -0.25) is 4.79 Å². The van der Waals surface area contributed by atoms with E-state index in [1.165, 1.54) is 62.5 Å². The molecule has 11 heteroatoms. The summed E-state index contributed by atoms with van der Waals surface area (Å²) < 4.78 is 33.9. The van der Waals surface area contributed by atoms with Gasteiger partial charge in [0.15, 0.2) is 11.6 Å². The summed E-state index contributed by atoms with van der Waals surface area (Å²) in [5.41, 5.74) is 0.617. The fourth-order valence-electron chi connectivity index (χ4n) is 8.00. The summed E-state index contributed by atoms with van der Waals surface area (Å²) in [6.45, 7) is 12.8. The molecule has 1 unspecified atom stereocenters. The van der Waals surface area contributed by atoms with Crippen LogP contribution in [0, 0.1) is 23.0 Å². The molecular weight excluding hydrogens is 612 g/mol. The molecule has 258 valence electrons. The molecular formula is C37H49F2N7O2. The van der Waals surface area contributed by atoms with Crippen LogP contribution in [0.2, 0.25) is 0 Å². The number of rotatable bonds is 10. The first-order valence-electron chi connectivity index (χ1n) is 17.5. The zero-order valence-corrected chi connectivity index (χ0v) is 28.7. The number of benzene rings is 1. The summed E-state index contributed by atoms with van der Waals surface area (Å²) >= 11 is 0. The summed E-state index contributed by atoms with van der Waals surface area (Å²) in [6, 6.07) is 7.55. The number of likely N-dealkylation sites (tertiary alicyclic amines) is 1. The molecule has 2 aromatic heterocycles. The Labute approximate surface area is 283 Å². The van der Waals surface area contributed by atoms with Crippen LogP contribution >= 0.6 is 0 Å². The number of carbonyl (C=O) groups excluding carboxylic acids is 1. The molecule has 1 N–H and O–H groups in total. The third kappa shape index (κ3) is 7.88. The standard InChI is InChI=1S/C37H49F2N7O2/c1-25(2)46(26(3)4)36(47)31-19-28(38)5-7-32(31)48-33-21-40-24-42-35(33)45-16-11-27(23-45)22-44-17-14-37(15-18-44)12-9-30(10-13-37)43-34-8-6-29(39)20-41-34/h5-8,19-21,24-27,30H,9-18,22-23H2,1-4H3,(H,41,43). The van der Waals surface area contributed by atoms with E-state index in [1.807, 2.05) is 27.7 Å². The van der Waals surface area contributed by atoms with Gasteiger partial charge in [0.2, 0.25) is 0 Å². The zero-order valence-electron chi connectivity index (χ0n) is 28.7. The molecule has 6 rings (SSSR count). The second-order valence-electron chi connectivity index (χ2n) is 14.5. The lowest BCUT2D eigenvalue weighted by molar-refractivity contribution is 0.0584. The second-order valence-corrected chi connectivity index (χ2v) is 14.5. The average Bonchev–Trinajstić information content (AvgIpc) is 3.53. The second kappa shape index (κ2) is 14.7. The van der Waals surface area contributed by atoms with Gasteiger partial charge in [-0.2, -0.15) is 0 Å². The predicted molar refractivity (Wildman–Crippen MR) is 183 cm³/mol. The van der Waals surface area contributed by atoms with Crippen molar-refractivity contribution in [2.75, 3.05) is 42.9 Å². The van der Waals surface area contributed by atoms with E-state index in [-0.39, 0.29) is 29.4 Å². The zero-order chi connectivity index (χ0) is 33.8. The molecule has 1 saturated carbocycles. The van der Waals surface area contributed by atoms with E-state index < -0.39 is 5.82 Å². The summed E-state index contributed by atoms with van der Waals surface area (Å²) in [7, 11) is 0. The molecule has 2 aliphatic heterocycles. The number of piperidine rings is 1. The predicted octanol–water partition coefficient (Wildman–Crippen LogP) is 7.16. The number of nitrogens with one attached hydrogen (secondary N) is 1. The van der Waals surface area contributed by atoms with Gasteiger partial charge in [0.1, 0.15) is 29.5 Å². The summed E-state index contributed by atoms with van der Waals surface area (Å²) in [4.78, 5) is 33.2. The minimum absolute atomic E-state index is 0.0552. The quantitative estimate of drug-likeness (QED) is 0.245. The first-order chi connectivity index (χ1) is 23.1. The van der Waals surface area contributed by atoms with Crippen LogP contribution < -0.4 is 15.0 Å². The number of halogens is 2. The Morgan fingerprint density at radius 3 is 2.35 bits per heavy atom. The van der Waals surface area contributed by atoms with Crippen molar-refractivity contribution in [3.63, 3.8) is 0 Å². The number of carbonyl (C=O) groups is 1. The van der Waals surface area contributed by atoms with E-state index in [0.29, 0.717) is 34.7 Å². The van der Waals surface area contributed by atoms with Gasteiger partial charge in [0.25, 0.3) is 5.91 Å². The number of anilines is 2. The van der Waals surface area contributed by atoms with Crippen LogP contribution in [-0.2, 0) is 0 Å². The molecule has 1 aliphatic carbocycles. The highest BCUT2D eigenvalue weighted by molar-refractivity contribution is 5.97. The van der Waals surface area contributed by atoms with Crippen LogP contribution in [0.3, 0.4) is 0 Å². The van der Waals surface area contributed by atoms with Gasteiger partial charge in [-0.05, 0) is 127 Å². The van der Waals surface area contributed by atoms with Gasteiger partial charge in [0, 0.05) is 37.8 Å². The van der Waals surface area contributed by atoms with E-state index >= 15 is 0 Å². The first kappa shape index (κ1) is 34.0. The summed E-state index contributed by atoms with van der Waals surface area (Å²) in [5, 5.41) is 3.50. The van der Waals surface area contributed by atoms with Crippen LogP contribution in [0.15, 0.2) is 49.1 Å². The Morgan fingerprint density at radius 2 is 1.67 bits per heavy atom. The number of ether oxygens (including phenoxy) is 1. The van der Waals surface area contributed by atoms with Gasteiger partial charge in [-0.25, -0.2) is 23.7 Å². The normalized spacial score (nSPS) is 20.1. The van der Waals surface area contributed by atoms with Crippen molar-refractivity contribution in [3.05, 3.63) is 66.3 Å². The van der Waals surface area contributed by atoms with Crippen molar-refractivity contribution < 1.29 is 18.3 Å². The van der Waals surface area contributed by atoms with Gasteiger partial charge in [-0.15, -0.1) is 0 Å². The number of pyridine rings is 1. The van der Waals surface area contributed by atoms with Crippen molar-refractivity contribution in [1.82, 2.24) is 24.8 Å². The monoisotopic (exact) mass is 661 g/mol. The maximum Gasteiger partial charge on any atom is 0.258 e. The van der Waals surface area contributed by atoms with Crippen LogP contribution in [0.25, 0.3) is 0 Å². The number of hydrogen-bond donors (Lipinski definition) is 1. The molecule has 0 bridgehead atoms. The van der Waals surface area contributed by atoms with E-state index in [9.17, 15) is 13.6 Å². The summed E-state index contributed by atoms with van der Waals surface area (Å²) in [5.74, 6) is 1.64. The smallest absolute Gasteiger partial charge is 0.258 e. The molecule has 4 heterocycles. The number of aromatic nitrogens is 3. The molecule has 9 nitrogen and oxygen atoms in total. The highest BCUT2D eigenvalue weighted by Crippen LogP contribution is 2.45. The van der Waals surface area contributed by atoms with Crippen LogP contribution in [0.5, 0.6) is 11.5 Å². The maximum atomic E-state index is 14.4. The molecule has 1 atom stereocenters. The Morgan fingerprint density at radius 1 is 0.938 bits per heavy atom. The van der Waals surface area contributed by atoms with Crippen LogP contribution in [0.4, 0.5) is 20.4 Å². The van der Waals surface area contributed by atoms with Gasteiger partial charge in [0.05, 0.1) is 18.0 Å². The van der Waals surface area contributed by atoms with Crippen molar-refractivity contribution in [1.29, 1.82) is 0 Å². The molecule has 0 radical (unpaired) electrons. The van der Waals surface area contributed by atoms with Crippen molar-refractivity contribution in [2.24, 2.45) is 11.3 Å². The third-order valence-electron chi connectivity index (χ3n) is 10.5. The van der Waals surface area contributed by atoms with E-state index in [0.717, 1.165) is 57.8 Å². The van der Waals surface area contributed by atoms with Crippen LogP contribution in [0.1, 0.15) is 83.0 Å². The molecule has 1 aromatic carbocycles. The van der Waals surface area contributed by atoms with Crippen molar-refractivity contribution in [2.45, 2.75) is 90.8 Å². The first-order valence-corrected chi connectivity index (χ1v) is 17.5. The van der Waals surface area contributed by atoms with Gasteiger partial charge in [-0.1, -0.05) is 0 Å². The Hall–Kier alpha value is -3.86. The largest absolute Gasteiger partial charge is 0.451 e. The highest BCUT2D eigenvalue weighted by Gasteiger charge is 2.39. The Bertz CT molecular complexity index is 1530.